The second kappa shape index (κ2) is 6.46. The molecule has 3 aliphatic heterocycles. The number of fused-ring (bicyclic) bond motifs is 4. The van der Waals surface area contributed by atoms with E-state index in [1.165, 1.54) is 47.3 Å². The highest BCUT2D eigenvalue weighted by Crippen LogP contribution is 2.44. The molecule has 0 N–H and O–H groups in total. The van der Waals surface area contributed by atoms with Crippen LogP contribution in [0.2, 0.25) is 0 Å². The van der Waals surface area contributed by atoms with Crippen molar-refractivity contribution in [2.24, 2.45) is 0 Å². The standard InChI is InChI=1S/C22H25NOS/c1-23-16-10-11-17(23)13-18(12-16)24-22-19-7-3-2-6-15(19)14-25-21-9-5-4-8-20(21)22/h2-9,16-18,22H,10-14H2,1H3/t16-,17+,18?,22?. The van der Waals surface area contributed by atoms with Crippen molar-refractivity contribution in [3.63, 3.8) is 0 Å². The molecule has 2 bridgehead atoms. The van der Waals surface area contributed by atoms with Crippen LogP contribution in [0.1, 0.15) is 48.5 Å². The maximum atomic E-state index is 6.85. The summed E-state index contributed by atoms with van der Waals surface area (Å²) >= 11 is 1.94. The molecule has 0 aromatic heterocycles. The van der Waals surface area contributed by atoms with Gasteiger partial charge in [0.05, 0.1) is 6.10 Å². The number of nitrogens with zero attached hydrogens (tertiary/aromatic N) is 1. The quantitative estimate of drug-likeness (QED) is 0.753. The van der Waals surface area contributed by atoms with Gasteiger partial charge in [-0.3, -0.25) is 0 Å². The molecule has 0 spiro atoms. The highest BCUT2D eigenvalue weighted by atomic mass is 32.2. The summed E-state index contributed by atoms with van der Waals surface area (Å²) in [6.45, 7) is 0. The van der Waals surface area contributed by atoms with Crippen LogP contribution in [0.5, 0.6) is 0 Å². The number of ether oxygens (including phenoxy) is 1. The molecule has 3 heteroatoms. The van der Waals surface area contributed by atoms with Crippen molar-refractivity contribution in [3.8, 4) is 0 Å². The number of piperidine rings is 1. The van der Waals surface area contributed by atoms with Gasteiger partial charge in [0.25, 0.3) is 0 Å². The lowest BCUT2D eigenvalue weighted by Gasteiger charge is -2.38. The second-order valence-electron chi connectivity index (χ2n) is 7.69. The third-order valence-corrected chi connectivity index (χ3v) is 7.44. The van der Waals surface area contributed by atoms with Crippen molar-refractivity contribution in [3.05, 3.63) is 65.2 Å². The van der Waals surface area contributed by atoms with Gasteiger partial charge in [-0.2, -0.15) is 0 Å². The zero-order valence-corrected chi connectivity index (χ0v) is 15.5. The van der Waals surface area contributed by atoms with Gasteiger partial charge in [-0.05, 0) is 55.5 Å². The van der Waals surface area contributed by atoms with Crippen LogP contribution in [0.4, 0.5) is 0 Å². The summed E-state index contributed by atoms with van der Waals surface area (Å²) in [7, 11) is 2.30. The Morgan fingerprint density at radius 2 is 1.60 bits per heavy atom. The van der Waals surface area contributed by atoms with Crippen LogP contribution in [0.15, 0.2) is 53.4 Å². The number of benzene rings is 2. The van der Waals surface area contributed by atoms with Crippen LogP contribution in [-0.2, 0) is 10.5 Å². The lowest BCUT2D eigenvalue weighted by molar-refractivity contribution is -0.0435. The van der Waals surface area contributed by atoms with Gasteiger partial charge in [0, 0.05) is 22.7 Å². The van der Waals surface area contributed by atoms with Crippen molar-refractivity contribution in [2.75, 3.05) is 7.05 Å². The van der Waals surface area contributed by atoms with E-state index in [1.807, 2.05) is 11.8 Å². The van der Waals surface area contributed by atoms with E-state index in [1.54, 1.807) is 0 Å². The first-order chi connectivity index (χ1) is 12.3. The van der Waals surface area contributed by atoms with Crippen LogP contribution in [0.3, 0.4) is 0 Å². The van der Waals surface area contributed by atoms with Crippen molar-refractivity contribution in [1.82, 2.24) is 4.90 Å². The molecule has 2 aromatic carbocycles. The molecule has 0 saturated carbocycles. The van der Waals surface area contributed by atoms with E-state index >= 15 is 0 Å². The van der Waals surface area contributed by atoms with Crippen LogP contribution >= 0.6 is 11.8 Å². The summed E-state index contributed by atoms with van der Waals surface area (Å²) < 4.78 is 6.85. The van der Waals surface area contributed by atoms with Crippen molar-refractivity contribution >= 4 is 11.8 Å². The summed E-state index contributed by atoms with van der Waals surface area (Å²) in [4.78, 5) is 3.96. The van der Waals surface area contributed by atoms with E-state index in [4.69, 9.17) is 4.74 Å². The third-order valence-electron chi connectivity index (χ3n) is 6.31. The molecule has 0 radical (unpaired) electrons. The summed E-state index contributed by atoms with van der Waals surface area (Å²) in [5.41, 5.74) is 4.14. The first-order valence-electron chi connectivity index (χ1n) is 9.46. The molecule has 2 nitrogen and oxygen atoms in total. The van der Waals surface area contributed by atoms with Gasteiger partial charge in [-0.15, -0.1) is 11.8 Å². The van der Waals surface area contributed by atoms with Gasteiger partial charge in [0.2, 0.25) is 0 Å². The smallest absolute Gasteiger partial charge is 0.109 e. The molecule has 0 aliphatic carbocycles. The molecule has 0 amide bonds. The minimum absolute atomic E-state index is 0.0789. The second-order valence-corrected chi connectivity index (χ2v) is 8.70. The predicted molar refractivity (Wildman–Crippen MR) is 103 cm³/mol. The molecule has 4 atom stereocenters. The first kappa shape index (κ1) is 15.9. The van der Waals surface area contributed by atoms with Crippen LogP contribution in [-0.4, -0.2) is 30.1 Å². The van der Waals surface area contributed by atoms with Gasteiger partial charge in [0.1, 0.15) is 6.10 Å². The van der Waals surface area contributed by atoms with Gasteiger partial charge in [0.15, 0.2) is 0 Å². The van der Waals surface area contributed by atoms with E-state index in [-0.39, 0.29) is 6.10 Å². The average Bonchev–Trinajstić information content (AvgIpc) is 2.82. The number of hydrogen-bond donors (Lipinski definition) is 0. The minimum atomic E-state index is 0.0789. The molecular weight excluding hydrogens is 326 g/mol. The maximum absolute atomic E-state index is 6.85. The molecule has 2 aromatic rings. The van der Waals surface area contributed by atoms with Crippen molar-refractivity contribution in [1.29, 1.82) is 0 Å². The summed E-state index contributed by atoms with van der Waals surface area (Å²) in [5, 5.41) is 0. The monoisotopic (exact) mass is 351 g/mol. The van der Waals surface area contributed by atoms with Gasteiger partial charge in [-0.1, -0.05) is 42.5 Å². The van der Waals surface area contributed by atoms with E-state index in [0.29, 0.717) is 6.10 Å². The fraction of sp³-hybridized carbons (Fsp3) is 0.455. The SMILES string of the molecule is CN1[C@@H]2CC[C@H]1CC(OC1c3ccccc3CSc3ccccc31)C2. The lowest BCUT2D eigenvalue weighted by Crippen LogP contribution is -2.43. The number of hydrogen-bond acceptors (Lipinski definition) is 3. The van der Waals surface area contributed by atoms with E-state index < -0.39 is 0 Å². The van der Waals surface area contributed by atoms with Gasteiger partial charge < -0.3 is 9.64 Å². The average molecular weight is 352 g/mol. The number of rotatable bonds is 2. The zero-order chi connectivity index (χ0) is 16.8. The van der Waals surface area contributed by atoms with Crippen LogP contribution in [0.25, 0.3) is 0 Å². The molecule has 2 fully saturated rings. The Bertz CT molecular complexity index is 715. The van der Waals surface area contributed by atoms with Crippen LogP contribution in [0, 0.1) is 0 Å². The molecule has 3 aliphatic rings. The van der Waals surface area contributed by atoms with Crippen molar-refractivity contribution in [2.45, 2.75) is 60.6 Å². The largest absolute Gasteiger partial charge is 0.365 e. The van der Waals surface area contributed by atoms with Gasteiger partial charge >= 0.3 is 0 Å². The van der Waals surface area contributed by atoms with Gasteiger partial charge in [-0.25, -0.2) is 0 Å². The van der Waals surface area contributed by atoms with Crippen molar-refractivity contribution < 1.29 is 4.74 Å². The fourth-order valence-electron chi connectivity index (χ4n) is 4.88. The Balaban J connectivity index is 1.50. The normalized spacial score (nSPS) is 31.2. The Kier molecular flexibility index (Phi) is 4.11. The predicted octanol–water partition coefficient (Wildman–Crippen LogP) is 5.02. The molecule has 5 rings (SSSR count). The minimum Gasteiger partial charge on any atom is -0.365 e. The Labute approximate surface area is 154 Å². The Morgan fingerprint density at radius 3 is 2.40 bits per heavy atom. The zero-order valence-electron chi connectivity index (χ0n) is 14.7. The van der Waals surface area contributed by atoms with Crippen LogP contribution < -0.4 is 0 Å². The summed E-state index contributed by atoms with van der Waals surface area (Å²) in [6.07, 6.45) is 5.50. The lowest BCUT2D eigenvalue weighted by atomic mass is 9.95. The molecule has 3 heterocycles. The van der Waals surface area contributed by atoms with E-state index in [2.05, 4.69) is 60.5 Å². The molecule has 2 unspecified atom stereocenters. The fourth-order valence-corrected chi connectivity index (χ4v) is 5.98. The topological polar surface area (TPSA) is 12.5 Å². The molecule has 25 heavy (non-hydrogen) atoms. The third kappa shape index (κ3) is 2.83. The summed E-state index contributed by atoms with van der Waals surface area (Å²) in [6, 6.07) is 19.1. The number of thioether (sulfide) groups is 1. The molecule has 2 saturated heterocycles. The molecular formula is C22H25NOS. The first-order valence-corrected chi connectivity index (χ1v) is 10.4. The highest BCUT2D eigenvalue weighted by molar-refractivity contribution is 7.98. The highest BCUT2D eigenvalue weighted by Gasteiger charge is 2.40. The Morgan fingerprint density at radius 1 is 0.920 bits per heavy atom. The summed E-state index contributed by atoms with van der Waals surface area (Å²) in [5.74, 6) is 1.03. The van der Waals surface area contributed by atoms with E-state index in [9.17, 15) is 0 Å². The molecule has 130 valence electrons. The Hall–Kier alpha value is -1.29. The van der Waals surface area contributed by atoms with E-state index in [0.717, 1.165) is 17.8 Å². The maximum Gasteiger partial charge on any atom is 0.109 e.